The fourth-order valence-corrected chi connectivity index (χ4v) is 2.68. The molecule has 3 aliphatic rings. The topological polar surface area (TPSA) is 32.5 Å². The number of nitrogens with zero attached hydrogens (tertiary/aromatic N) is 2. The summed E-state index contributed by atoms with van der Waals surface area (Å²) >= 11 is 0. The van der Waals surface area contributed by atoms with E-state index in [4.69, 9.17) is 5.73 Å². The molecule has 15 heavy (non-hydrogen) atoms. The van der Waals surface area contributed by atoms with Crippen LogP contribution in [0.15, 0.2) is 12.2 Å². The highest BCUT2D eigenvalue weighted by Gasteiger charge is 2.35. The van der Waals surface area contributed by atoms with Crippen molar-refractivity contribution in [3.8, 4) is 0 Å². The zero-order valence-electron chi connectivity index (χ0n) is 9.78. The molecular formula is C12H23N3. The predicted molar refractivity (Wildman–Crippen MR) is 63.8 cm³/mol. The molecule has 2 N–H and O–H groups in total. The molecule has 2 atom stereocenters. The fourth-order valence-electron chi connectivity index (χ4n) is 2.68. The Morgan fingerprint density at radius 3 is 2.53 bits per heavy atom. The van der Waals surface area contributed by atoms with Crippen LogP contribution in [0.25, 0.3) is 0 Å². The summed E-state index contributed by atoms with van der Waals surface area (Å²) in [5, 5.41) is 0. The van der Waals surface area contributed by atoms with Crippen LogP contribution in [0.1, 0.15) is 19.8 Å². The molecule has 3 heterocycles. The maximum atomic E-state index is 6.28. The number of hydrogen-bond donors (Lipinski definition) is 1. The summed E-state index contributed by atoms with van der Waals surface area (Å²) in [6.07, 6.45) is 2.05. The Bertz CT molecular complexity index is 231. The van der Waals surface area contributed by atoms with Crippen molar-refractivity contribution in [3.05, 3.63) is 12.2 Å². The number of piperazine rings is 3. The van der Waals surface area contributed by atoms with E-state index in [1.54, 1.807) is 0 Å². The molecule has 0 aromatic heterocycles. The van der Waals surface area contributed by atoms with Crippen molar-refractivity contribution < 1.29 is 0 Å². The molecule has 0 spiro atoms. The first-order valence-electron chi connectivity index (χ1n) is 6.09. The molecule has 2 bridgehead atoms. The summed E-state index contributed by atoms with van der Waals surface area (Å²) in [4.78, 5) is 5.10. The Balaban J connectivity index is 1.90. The maximum absolute atomic E-state index is 6.28. The average molecular weight is 209 g/mol. The van der Waals surface area contributed by atoms with Gasteiger partial charge in [0.2, 0.25) is 0 Å². The lowest BCUT2D eigenvalue weighted by molar-refractivity contribution is 0.00253. The van der Waals surface area contributed by atoms with Crippen LogP contribution in [0, 0.1) is 0 Å². The van der Waals surface area contributed by atoms with Crippen LogP contribution in [-0.4, -0.2) is 54.6 Å². The lowest BCUT2D eigenvalue weighted by atomic mass is 9.95. The minimum Gasteiger partial charge on any atom is -0.326 e. The third kappa shape index (κ3) is 2.41. The van der Waals surface area contributed by atoms with Crippen LogP contribution in [0.5, 0.6) is 0 Å². The molecule has 3 heteroatoms. The Morgan fingerprint density at radius 2 is 2.07 bits per heavy atom. The van der Waals surface area contributed by atoms with Gasteiger partial charge in [-0.15, -0.1) is 0 Å². The zero-order chi connectivity index (χ0) is 10.8. The third-order valence-corrected chi connectivity index (χ3v) is 3.84. The van der Waals surface area contributed by atoms with Gasteiger partial charge in [-0.05, 0) is 12.8 Å². The molecular weight excluding hydrogens is 186 g/mol. The van der Waals surface area contributed by atoms with Crippen LogP contribution in [0.2, 0.25) is 0 Å². The van der Waals surface area contributed by atoms with E-state index < -0.39 is 0 Å². The summed E-state index contributed by atoms with van der Waals surface area (Å²) in [5.41, 5.74) is 7.57. The van der Waals surface area contributed by atoms with E-state index in [0.717, 1.165) is 19.4 Å². The van der Waals surface area contributed by atoms with Gasteiger partial charge in [0.15, 0.2) is 0 Å². The second-order valence-electron chi connectivity index (χ2n) is 4.88. The van der Waals surface area contributed by atoms with Crippen molar-refractivity contribution in [2.75, 3.05) is 32.7 Å². The Hall–Kier alpha value is -0.380. The first-order chi connectivity index (χ1) is 7.20. The van der Waals surface area contributed by atoms with Gasteiger partial charge in [-0.2, -0.15) is 0 Å². The first-order valence-corrected chi connectivity index (χ1v) is 6.09. The molecule has 3 aliphatic heterocycles. The van der Waals surface area contributed by atoms with Gasteiger partial charge in [-0.3, -0.25) is 9.80 Å². The smallest absolute Gasteiger partial charge is 0.0378 e. The highest BCUT2D eigenvalue weighted by Crippen LogP contribution is 2.20. The van der Waals surface area contributed by atoms with Crippen molar-refractivity contribution in [2.24, 2.45) is 5.73 Å². The molecule has 0 saturated carbocycles. The summed E-state index contributed by atoms with van der Waals surface area (Å²) in [7, 11) is 0. The normalized spacial score (nSPS) is 36.5. The summed E-state index contributed by atoms with van der Waals surface area (Å²) in [6.45, 7) is 12.3. The number of rotatable bonds is 4. The van der Waals surface area contributed by atoms with Gasteiger partial charge in [0.05, 0.1) is 0 Å². The largest absolute Gasteiger partial charge is 0.326 e. The van der Waals surface area contributed by atoms with Gasteiger partial charge in [-0.25, -0.2) is 0 Å². The summed E-state index contributed by atoms with van der Waals surface area (Å²) in [5.74, 6) is 0. The van der Waals surface area contributed by atoms with Crippen LogP contribution in [-0.2, 0) is 0 Å². The second-order valence-corrected chi connectivity index (χ2v) is 4.88. The van der Waals surface area contributed by atoms with Crippen molar-refractivity contribution >= 4 is 0 Å². The Kier molecular flexibility index (Phi) is 3.44. The fraction of sp³-hybridized carbons (Fsp3) is 0.833. The lowest BCUT2D eigenvalue weighted by Gasteiger charge is -2.49. The molecule has 3 saturated heterocycles. The average Bonchev–Trinajstić information content (AvgIpc) is 2.30. The standard InChI is InChI=1S/C12H23N3/c1-3-10(2)8-11(13)12-9-14-4-6-15(12)7-5-14/h11-12H,2-9,13H2,1H3. The van der Waals surface area contributed by atoms with E-state index in [1.165, 1.54) is 31.8 Å². The van der Waals surface area contributed by atoms with Gasteiger partial charge in [0.25, 0.3) is 0 Å². The maximum Gasteiger partial charge on any atom is 0.0378 e. The van der Waals surface area contributed by atoms with E-state index in [-0.39, 0.29) is 6.04 Å². The van der Waals surface area contributed by atoms with Crippen LogP contribution >= 0.6 is 0 Å². The van der Waals surface area contributed by atoms with Gasteiger partial charge in [0.1, 0.15) is 0 Å². The minimum absolute atomic E-state index is 0.278. The molecule has 3 nitrogen and oxygen atoms in total. The second kappa shape index (κ2) is 4.64. The summed E-state index contributed by atoms with van der Waals surface area (Å²) in [6, 6.07) is 0.844. The highest BCUT2D eigenvalue weighted by atomic mass is 15.3. The number of fused-ring (bicyclic) bond motifs is 3. The van der Waals surface area contributed by atoms with Crippen LogP contribution in [0.3, 0.4) is 0 Å². The van der Waals surface area contributed by atoms with E-state index in [2.05, 4.69) is 23.3 Å². The molecule has 0 aliphatic carbocycles. The molecule has 0 radical (unpaired) electrons. The molecule has 3 fully saturated rings. The first kappa shape index (κ1) is 11.1. The number of nitrogens with two attached hydrogens (primary N) is 1. The Morgan fingerprint density at radius 1 is 1.40 bits per heavy atom. The third-order valence-electron chi connectivity index (χ3n) is 3.84. The van der Waals surface area contributed by atoms with Gasteiger partial charge in [0, 0.05) is 44.8 Å². The van der Waals surface area contributed by atoms with Crippen molar-refractivity contribution in [2.45, 2.75) is 31.8 Å². The monoisotopic (exact) mass is 209 g/mol. The molecule has 3 rings (SSSR count). The summed E-state index contributed by atoms with van der Waals surface area (Å²) < 4.78 is 0. The van der Waals surface area contributed by atoms with Gasteiger partial charge >= 0.3 is 0 Å². The zero-order valence-corrected chi connectivity index (χ0v) is 9.78. The van der Waals surface area contributed by atoms with E-state index in [9.17, 15) is 0 Å². The molecule has 0 amide bonds. The van der Waals surface area contributed by atoms with E-state index >= 15 is 0 Å². The predicted octanol–water partition coefficient (Wildman–Crippen LogP) is 0.670. The van der Waals surface area contributed by atoms with Gasteiger partial charge in [-0.1, -0.05) is 19.1 Å². The SMILES string of the molecule is C=C(CC)CC(N)C1CN2CCN1CC2. The van der Waals surface area contributed by atoms with Crippen molar-refractivity contribution in [1.82, 2.24) is 9.80 Å². The molecule has 0 aromatic rings. The molecule has 0 aromatic carbocycles. The van der Waals surface area contributed by atoms with E-state index in [0.29, 0.717) is 6.04 Å². The van der Waals surface area contributed by atoms with Crippen LogP contribution in [0.4, 0.5) is 0 Å². The lowest BCUT2D eigenvalue weighted by Crippen LogP contribution is -2.65. The molecule has 2 unspecified atom stereocenters. The quantitative estimate of drug-likeness (QED) is 0.691. The molecule has 86 valence electrons. The van der Waals surface area contributed by atoms with Crippen LogP contribution < -0.4 is 5.73 Å². The minimum atomic E-state index is 0.278. The van der Waals surface area contributed by atoms with Gasteiger partial charge < -0.3 is 5.73 Å². The Labute approximate surface area is 92.9 Å². The van der Waals surface area contributed by atoms with Crippen molar-refractivity contribution in [1.29, 1.82) is 0 Å². The number of hydrogen-bond acceptors (Lipinski definition) is 3. The highest BCUT2D eigenvalue weighted by molar-refractivity contribution is 5.02. The van der Waals surface area contributed by atoms with E-state index in [1.807, 2.05) is 0 Å². The van der Waals surface area contributed by atoms with Crippen molar-refractivity contribution in [3.63, 3.8) is 0 Å².